The highest BCUT2D eigenvalue weighted by Crippen LogP contribution is 2.52. The van der Waals surface area contributed by atoms with E-state index < -0.39 is 0 Å². The topological polar surface area (TPSA) is 62.7 Å². The van der Waals surface area contributed by atoms with Gasteiger partial charge in [-0.3, -0.25) is 4.79 Å². The molecule has 1 aliphatic rings. The minimum absolute atomic E-state index is 0.0172. The van der Waals surface area contributed by atoms with Crippen LogP contribution in [0.2, 0.25) is 0 Å². The second-order valence-corrected chi connectivity index (χ2v) is 11.9. The number of amides is 1. The van der Waals surface area contributed by atoms with Gasteiger partial charge in [-0.25, -0.2) is 9.07 Å². The van der Waals surface area contributed by atoms with Crippen LogP contribution in [-0.2, 0) is 17.6 Å². The van der Waals surface area contributed by atoms with Crippen LogP contribution in [0.4, 0.5) is 4.39 Å². The van der Waals surface area contributed by atoms with Gasteiger partial charge < -0.3 is 10.3 Å². The van der Waals surface area contributed by atoms with Crippen molar-refractivity contribution in [3.05, 3.63) is 132 Å². The van der Waals surface area contributed by atoms with E-state index in [9.17, 15) is 9.18 Å². The van der Waals surface area contributed by atoms with Gasteiger partial charge in [0.25, 0.3) is 0 Å². The SMILES string of the molecule is C=C1CC[C@H](CC(NC(=O)Cc2c[nH]c3ccccc23)c2ccccc2)[C@@]1(C)Cc1cnn(-c2ccc(F)cc2)c1C. The van der Waals surface area contributed by atoms with E-state index in [1.807, 2.05) is 53.5 Å². The van der Waals surface area contributed by atoms with Crippen LogP contribution < -0.4 is 5.32 Å². The molecule has 42 heavy (non-hydrogen) atoms. The number of allylic oxidation sites excluding steroid dienone is 1. The first-order valence-corrected chi connectivity index (χ1v) is 14.7. The maximum atomic E-state index is 13.5. The standard InChI is InChI=1S/C36H37FN4O/c1-24-13-14-29(36(24,3)21-28-23-39-41(25(28)2)31-17-15-30(37)16-18-31)20-34(26-9-5-4-6-10-26)40-35(42)19-27-22-38-33-12-8-7-11-32(27)33/h4-12,15-18,22-23,29,34,38H,1,13-14,19-21H2,2-3H3,(H,40,42)/t29-,34?,36+/m1/s1. The Hall–Kier alpha value is -4.45. The Kier molecular flexibility index (Phi) is 7.55. The van der Waals surface area contributed by atoms with Crippen molar-refractivity contribution in [1.29, 1.82) is 0 Å². The normalized spacial score (nSPS) is 19.3. The van der Waals surface area contributed by atoms with Crippen molar-refractivity contribution in [3.63, 3.8) is 0 Å². The molecule has 6 rings (SSSR count). The Morgan fingerprint density at radius 3 is 2.62 bits per heavy atom. The average molecular weight is 561 g/mol. The van der Waals surface area contributed by atoms with Crippen molar-refractivity contribution < 1.29 is 9.18 Å². The molecule has 0 radical (unpaired) electrons. The highest BCUT2D eigenvalue weighted by molar-refractivity contribution is 5.89. The Morgan fingerprint density at radius 2 is 1.83 bits per heavy atom. The molecule has 0 aliphatic heterocycles. The number of halogens is 1. The highest BCUT2D eigenvalue weighted by atomic mass is 19.1. The molecule has 1 fully saturated rings. The van der Waals surface area contributed by atoms with Crippen molar-refractivity contribution in [1.82, 2.24) is 20.1 Å². The zero-order valence-corrected chi connectivity index (χ0v) is 24.2. The molecule has 2 N–H and O–H groups in total. The number of aromatic amines is 1. The molecule has 5 aromatic rings. The minimum Gasteiger partial charge on any atom is -0.361 e. The number of rotatable bonds is 9. The number of hydrogen-bond acceptors (Lipinski definition) is 2. The third kappa shape index (κ3) is 5.41. The summed E-state index contributed by atoms with van der Waals surface area (Å²) in [4.78, 5) is 16.7. The number of carbonyl (C=O) groups excluding carboxylic acids is 1. The number of para-hydroxylation sites is 1. The van der Waals surface area contributed by atoms with Crippen molar-refractivity contribution in [2.24, 2.45) is 11.3 Å². The third-order valence-electron chi connectivity index (χ3n) is 9.33. The monoisotopic (exact) mass is 560 g/mol. The van der Waals surface area contributed by atoms with E-state index in [-0.39, 0.29) is 23.2 Å². The number of carbonyl (C=O) groups is 1. The Bertz CT molecular complexity index is 1720. The second kappa shape index (κ2) is 11.4. The summed E-state index contributed by atoms with van der Waals surface area (Å²) in [5.74, 6) is 0.0867. The van der Waals surface area contributed by atoms with Crippen molar-refractivity contribution in [2.45, 2.75) is 52.0 Å². The summed E-state index contributed by atoms with van der Waals surface area (Å²) >= 11 is 0. The van der Waals surface area contributed by atoms with Gasteiger partial charge in [-0.1, -0.05) is 67.6 Å². The lowest BCUT2D eigenvalue weighted by atomic mass is 9.70. The third-order valence-corrected chi connectivity index (χ3v) is 9.33. The van der Waals surface area contributed by atoms with Crippen LogP contribution in [-0.4, -0.2) is 20.7 Å². The van der Waals surface area contributed by atoms with Crippen molar-refractivity contribution in [2.75, 3.05) is 0 Å². The van der Waals surface area contributed by atoms with Gasteiger partial charge in [0.15, 0.2) is 0 Å². The molecule has 2 aromatic heterocycles. The summed E-state index contributed by atoms with van der Waals surface area (Å²) in [6.45, 7) is 8.90. The van der Waals surface area contributed by atoms with Crippen LogP contribution in [0.5, 0.6) is 0 Å². The fraction of sp³-hybridized carbons (Fsp3) is 0.278. The first-order chi connectivity index (χ1) is 20.3. The Balaban J connectivity index is 1.23. The van der Waals surface area contributed by atoms with Crippen molar-refractivity contribution >= 4 is 16.8 Å². The number of aromatic nitrogens is 3. The number of H-pyrrole nitrogens is 1. The summed E-state index contributed by atoms with van der Waals surface area (Å²) in [5, 5.41) is 9.12. The smallest absolute Gasteiger partial charge is 0.224 e. The van der Waals surface area contributed by atoms with E-state index in [2.05, 4.69) is 54.0 Å². The second-order valence-electron chi connectivity index (χ2n) is 11.9. The van der Waals surface area contributed by atoms with E-state index in [4.69, 9.17) is 0 Å². The summed E-state index contributed by atoms with van der Waals surface area (Å²) in [5.41, 5.74) is 7.32. The van der Waals surface area contributed by atoms with Crippen LogP contribution in [0.15, 0.2) is 103 Å². The number of nitrogens with one attached hydrogen (secondary N) is 2. The Labute approximate surface area is 246 Å². The van der Waals surface area contributed by atoms with Gasteiger partial charge in [-0.15, -0.1) is 0 Å². The molecule has 1 amide bonds. The van der Waals surface area contributed by atoms with Gasteiger partial charge in [-0.05, 0) is 91.0 Å². The maximum Gasteiger partial charge on any atom is 0.224 e. The molecule has 1 saturated carbocycles. The summed E-state index contributed by atoms with van der Waals surface area (Å²) in [6, 6.07) is 24.7. The molecule has 214 valence electrons. The maximum absolute atomic E-state index is 13.5. The molecule has 0 saturated heterocycles. The fourth-order valence-electron chi connectivity index (χ4n) is 6.69. The molecule has 1 unspecified atom stereocenters. The molecule has 1 aliphatic carbocycles. The molecular weight excluding hydrogens is 523 g/mol. The molecule has 6 heteroatoms. The fourth-order valence-corrected chi connectivity index (χ4v) is 6.69. The predicted molar refractivity (Wildman–Crippen MR) is 166 cm³/mol. The summed E-state index contributed by atoms with van der Waals surface area (Å²) in [6.07, 6.45) is 7.83. The van der Waals surface area contributed by atoms with Gasteiger partial charge in [0, 0.05) is 22.8 Å². The molecule has 2 heterocycles. The van der Waals surface area contributed by atoms with Crippen LogP contribution in [0, 0.1) is 24.1 Å². The van der Waals surface area contributed by atoms with Crippen LogP contribution in [0.1, 0.15) is 54.6 Å². The average Bonchev–Trinajstić information content (AvgIpc) is 3.65. The number of fused-ring (bicyclic) bond motifs is 1. The molecule has 3 atom stereocenters. The quantitative estimate of drug-likeness (QED) is 0.181. The number of benzene rings is 3. The van der Waals surface area contributed by atoms with E-state index in [1.54, 1.807) is 12.1 Å². The highest BCUT2D eigenvalue weighted by Gasteiger charge is 2.43. The summed E-state index contributed by atoms with van der Waals surface area (Å²) < 4.78 is 15.4. The first-order valence-electron chi connectivity index (χ1n) is 14.7. The van der Waals surface area contributed by atoms with Gasteiger partial charge >= 0.3 is 0 Å². The lowest BCUT2D eigenvalue weighted by Gasteiger charge is -2.35. The van der Waals surface area contributed by atoms with E-state index in [0.717, 1.165) is 64.7 Å². The molecule has 3 aromatic carbocycles. The molecule has 0 spiro atoms. The van der Waals surface area contributed by atoms with E-state index >= 15 is 0 Å². The zero-order chi connectivity index (χ0) is 29.3. The first kappa shape index (κ1) is 27.7. The predicted octanol–water partition coefficient (Wildman–Crippen LogP) is 7.81. The summed E-state index contributed by atoms with van der Waals surface area (Å²) in [7, 11) is 0. The number of nitrogens with zero attached hydrogens (tertiary/aromatic N) is 2. The van der Waals surface area contributed by atoms with Gasteiger partial charge in [0.2, 0.25) is 5.91 Å². The van der Waals surface area contributed by atoms with E-state index in [1.165, 1.54) is 17.7 Å². The Morgan fingerprint density at radius 1 is 1.10 bits per heavy atom. The van der Waals surface area contributed by atoms with Crippen LogP contribution >= 0.6 is 0 Å². The molecule has 0 bridgehead atoms. The lowest BCUT2D eigenvalue weighted by Crippen LogP contribution is -2.34. The molecule has 5 nitrogen and oxygen atoms in total. The van der Waals surface area contributed by atoms with E-state index in [0.29, 0.717) is 12.3 Å². The van der Waals surface area contributed by atoms with Crippen LogP contribution in [0.25, 0.3) is 16.6 Å². The van der Waals surface area contributed by atoms with Gasteiger partial charge in [-0.2, -0.15) is 5.10 Å². The van der Waals surface area contributed by atoms with Crippen molar-refractivity contribution in [3.8, 4) is 5.69 Å². The molecular formula is C36H37FN4O. The zero-order valence-electron chi connectivity index (χ0n) is 24.2. The van der Waals surface area contributed by atoms with Gasteiger partial charge in [0.05, 0.1) is 24.3 Å². The number of hydrogen-bond donors (Lipinski definition) is 2. The van der Waals surface area contributed by atoms with Crippen LogP contribution in [0.3, 0.4) is 0 Å². The minimum atomic E-state index is -0.261. The largest absolute Gasteiger partial charge is 0.361 e. The van der Waals surface area contributed by atoms with Gasteiger partial charge in [0.1, 0.15) is 5.82 Å². The lowest BCUT2D eigenvalue weighted by molar-refractivity contribution is -0.121.